The van der Waals surface area contributed by atoms with E-state index in [1.165, 1.54) is 16.9 Å². The number of nitrogens with one attached hydrogen (secondary N) is 2. The number of hydrogen-bond acceptors (Lipinski definition) is 5. The standard InChI is InChI=1S/C13H10FN5O2.C9H7F3N2/c14-8-5-16-19-10(6-1-2-6)3-9(17-11(8)19)7-4-15-13(21)18-12(7)20;10-9(11,12)6-14-8-4-2-1-3-7(8)5-13-14/h3-6H,1-2H2,(H2,15,18,20,21);1-5H,6H2. The molecule has 0 saturated heterocycles. The average Bonchev–Trinajstić information content (AvgIpc) is 3.49. The van der Waals surface area contributed by atoms with E-state index >= 15 is 0 Å². The first-order valence-corrected chi connectivity index (χ1v) is 10.5. The molecule has 1 fully saturated rings. The number of aromatic amines is 2. The summed E-state index contributed by atoms with van der Waals surface area (Å²) in [5, 5.41) is 8.38. The van der Waals surface area contributed by atoms with Gasteiger partial charge in [-0.3, -0.25) is 14.5 Å². The second kappa shape index (κ2) is 8.49. The summed E-state index contributed by atoms with van der Waals surface area (Å²) in [5.74, 6) is -0.241. The monoisotopic (exact) mass is 487 g/mol. The Bertz CT molecular complexity index is 1640. The van der Waals surface area contributed by atoms with Crippen molar-refractivity contribution in [2.45, 2.75) is 31.5 Å². The molecule has 0 atom stereocenters. The van der Waals surface area contributed by atoms with Crippen LogP contribution in [-0.2, 0) is 6.54 Å². The van der Waals surface area contributed by atoms with Crippen LogP contribution in [0.15, 0.2) is 58.5 Å². The molecule has 0 bridgehead atoms. The van der Waals surface area contributed by atoms with Crippen LogP contribution in [-0.4, -0.2) is 40.5 Å². The van der Waals surface area contributed by atoms with Gasteiger partial charge in [0.1, 0.15) is 6.54 Å². The van der Waals surface area contributed by atoms with E-state index in [-0.39, 0.29) is 11.2 Å². The van der Waals surface area contributed by atoms with Crippen LogP contribution in [0.1, 0.15) is 24.5 Å². The fourth-order valence-corrected chi connectivity index (χ4v) is 3.69. The van der Waals surface area contributed by atoms with Crippen molar-refractivity contribution in [2.75, 3.05) is 0 Å². The first kappa shape index (κ1) is 22.5. The van der Waals surface area contributed by atoms with Crippen LogP contribution in [0.4, 0.5) is 17.6 Å². The molecule has 0 spiro atoms. The van der Waals surface area contributed by atoms with Crippen molar-refractivity contribution in [2.24, 2.45) is 0 Å². The molecule has 2 N–H and O–H groups in total. The van der Waals surface area contributed by atoms with Crippen LogP contribution in [0, 0.1) is 5.82 Å². The second-order valence-corrected chi connectivity index (χ2v) is 8.03. The third-order valence-corrected chi connectivity index (χ3v) is 5.43. The number of fused-ring (bicyclic) bond motifs is 2. The molecule has 1 aliphatic rings. The van der Waals surface area contributed by atoms with Gasteiger partial charge in [0, 0.05) is 23.2 Å². The minimum atomic E-state index is -4.23. The van der Waals surface area contributed by atoms with E-state index in [9.17, 15) is 27.2 Å². The van der Waals surface area contributed by atoms with Crippen molar-refractivity contribution in [1.29, 1.82) is 0 Å². The Kier molecular flexibility index (Phi) is 5.46. The molecule has 13 heteroatoms. The number of aromatic nitrogens is 7. The van der Waals surface area contributed by atoms with E-state index < -0.39 is 29.8 Å². The molecule has 5 aromatic rings. The van der Waals surface area contributed by atoms with E-state index in [0.29, 0.717) is 17.1 Å². The smallest absolute Gasteiger partial charge is 0.313 e. The minimum absolute atomic E-state index is 0.0833. The molecule has 35 heavy (non-hydrogen) atoms. The minimum Gasteiger partial charge on any atom is -0.313 e. The van der Waals surface area contributed by atoms with Gasteiger partial charge in [-0.25, -0.2) is 18.7 Å². The number of hydrogen-bond donors (Lipinski definition) is 2. The Morgan fingerprint density at radius 2 is 1.86 bits per heavy atom. The van der Waals surface area contributed by atoms with Crippen molar-refractivity contribution in [3.8, 4) is 11.3 Å². The number of H-pyrrole nitrogens is 2. The Hall–Kier alpha value is -4.29. The van der Waals surface area contributed by atoms with Crippen LogP contribution < -0.4 is 11.2 Å². The van der Waals surface area contributed by atoms with Gasteiger partial charge in [0.15, 0.2) is 11.5 Å². The highest BCUT2D eigenvalue weighted by molar-refractivity contribution is 5.78. The van der Waals surface area contributed by atoms with Gasteiger partial charge in [0.25, 0.3) is 5.56 Å². The largest absolute Gasteiger partial charge is 0.408 e. The highest BCUT2D eigenvalue weighted by Gasteiger charge is 2.29. The van der Waals surface area contributed by atoms with Gasteiger partial charge in [-0.05, 0) is 25.0 Å². The summed E-state index contributed by atoms with van der Waals surface area (Å²) in [4.78, 5) is 31.6. The zero-order chi connectivity index (χ0) is 24.7. The van der Waals surface area contributed by atoms with Gasteiger partial charge in [-0.1, -0.05) is 18.2 Å². The maximum absolute atomic E-state index is 13.8. The van der Waals surface area contributed by atoms with Crippen molar-refractivity contribution < 1.29 is 17.6 Å². The fourth-order valence-electron chi connectivity index (χ4n) is 3.69. The van der Waals surface area contributed by atoms with Crippen molar-refractivity contribution >= 4 is 16.6 Å². The van der Waals surface area contributed by atoms with Crippen LogP contribution in [0.2, 0.25) is 0 Å². The van der Waals surface area contributed by atoms with Gasteiger partial charge in [-0.15, -0.1) is 0 Å². The first-order valence-electron chi connectivity index (χ1n) is 10.5. The lowest BCUT2D eigenvalue weighted by atomic mass is 10.1. The highest BCUT2D eigenvalue weighted by Crippen LogP contribution is 2.40. The molecule has 9 nitrogen and oxygen atoms in total. The van der Waals surface area contributed by atoms with E-state index in [4.69, 9.17) is 0 Å². The summed E-state index contributed by atoms with van der Waals surface area (Å²) in [6, 6.07) is 8.53. The van der Waals surface area contributed by atoms with Gasteiger partial charge >= 0.3 is 11.9 Å². The molecule has 0 aliphatic heterocycles. The quantitative estimate of drug-likeness (QED) is 0.379. The molecule has 0 unspecified atom stereocenters. The second-order valence-electron chi connectivity index (χ2n) is 8.03. The van der Waals surface area contributed by atoms with Crippen molar-refractivity contribution in [3.63, 3.8) is 0 Å². The van der Waals surface area contributed by atoms with Crippen molar-refractivity contribution in [3.05, 3.63) is 81.3 Å². The zero-order valence-corrected chi connectivity index (χ0v) is 17.9. The molecule has 0 radical (unpaired) electrons. The summed E-state index contributed by atoms with van der Waals surface area (Å²) in [6.07, 6.45) is 1.60. The maximum Gasteiger partial charge on any atom is 0.408 e. The lowest BCUT2D eigenvalue weighted by Gasteiger charge is -2.06. The predicted octanol–water partition coefficient (Wildman–Crippen LogP) is 3.39. The number of rotatable bonds is 3. The van der Waals surface area contributed by atoms with Crippen LogP contribution >= 0.6 is 0 Å². The normalized spacial score (nSPS) is 13.7. The fraction of sp³-hybridized carbons (Fsp3) is 0.227. The number of para-hydroxylation sites is 1. The molecule has 0 amide bonds. The Morgan fingerprint density at radius 1 is 1.09 bits per heavy atom. The molecule has 1 saturated carbocycles. The molecule has 1 aliphatic carbocycles. The molecular weight excluding hydrogens is 470 g/mol. The third-order valence-electron chi connectivity index (χ3n) is 5.43. The lowest BCUT2D eigenvalue weighted by molar-refractivity contribution is -0.141. The summed E-state index contributed by atoms with van der Waals surface area (Å²) >= 11 is 0. The maximum atomic E-state index is 13.8. The molecule has 6 rings (SSSR count). The molecule has 1 aromatic carbocycles. The lowest BCUT2D eigenvalue weighted by Crippen LogP contribution is -2.23. The third kappa shape index (κ3) is 4.69. The SMILES string of the molecule is FC(F)(F)Cn1ncc2ccccc21.O=c1[nH]cc(-c2cc(C3CC3)n3ncc(F)c3n2)c(=O)[nH]1. The highest BCUT2D eigenvalue weighted by atomic mass is 19.4. The summed E-state index contributed by atoms with van der Waals surface area (Å²) < 4.78 is 52.5. The average molecular weight is 487 g/mol. The topological polar surface area (TPSA) is 114 Å². The summed E-state index contributed by atoms with van der Waals surface area (Å²) in [7, 11) is 0. The first-order chi connectivity index (χ1) is 16.7. The Morgan fingerprint density at radius 3 is 2.57 bits per heavy atom. The van der Waals surface area contributed by atoms with E-state index in [2.05, 4.69) is 25.1 Å². The zero-order valence-electron chi connectivity index (χ0n) is 17.9. The van der Waals surface area contributed by atoms with Gasteiger partial charge < -0.3 is 4.98 Å². The van der Waals surface area contributed by atoms with E-state index in [1.807, 2.05) is 0 Å². The summed E-state index contributed by atoms with van der Waals surface area (Å²) in [5.41, 5.74) is 0.773. The predicted molar refractivity (Wildman–Crippen MR) is 117 cm³/mol. The van der Waals surface area contributed by atoms with E-state index in [1.54, 1.807) is 30.3 Å². The van der Waals surface area contributed by atoms with Crippen molar-refractivity contribution in [1.82, 2.24) is 34.3 Å². The van der Waals surface area contributed by atoms with Crippen LogP contribution in [0.5, 0.6) is 0 Å². The van der Waals surface area contributed by atoms with Crippen LogP contribution in [0.3, 0.4) is 0 Å². The van der Waals surface area contributed by atoms with E-state index in [0.717, 1.165) is 34.8 Å². The van der Waals surface area contributed by atoms with Crippen LogP contribution in [0.25, 0.3) is 27.8 Å². The number of halogens is 4. The number of benzene rings is 1. The number of nitrogens with zero attached hydrogens (tertiary/aromatic N) is 5. The van der Waals surface area contributed by atoms with Gasteiger partial charge in [-0.2, -0.15) is 23.4 Å². The molecule has 4 heterocycles. The molecular formula is C22H17F4N7O2. The molecule has 4 aromatic heterocycles. The Labute approximate surface area is 193 Å². The Balaban J connectivity index is 0.000000158. The summed E-state index contributed by atoms with van der Waals surface area (Å²) in [6.45, 7) is -1.04. The van der Waals surface area contributed by atoms with Gasteiger partial charge in [0.2, 0.25) is 0 Å². The molecule has 180 valence electrons. The van der Waals surface area contributed by atoms with Gasteiger partial charge in [0.05, 0.1) is 29.2 Å². The number of alkyl halides is 3.